The lowest BCUT2D eigenvalue weighted by Crippen LogP contribution is -2.41. The summed E-state index contributed by atoms with van der Waals surface area (Å²) >= 11 is 0. The molecule has 0 aliphatic carbocycles. The van der Waals surface area contributed by atoms with Crippen LogP contribution in [-0.4, -0.2) is 38.3 Å². The highest BCUT2D eigenvalue weighted by Gasteiger charge is 2.39. The van der Waals surface area contributed by atoms with Crippen molar-refractivity contribution in [1.82, 2.24) is 4.90 Å². The number of nitriles is 1. The molecular formula is C32H29N3O5. The van der Waals surface area contributed by atoms with E-state index in [4.69, 9.17) is 24.7 Å². The fourth-order valence-corrected chi connectivity index (χ4v) is 4.89. The van der Waals surface area contributed by atoms with Crippen LogP contribution in [0, 0.1) is 11.3 Å². The van der Waals surface area contributed by atoms with Gasteiger partial charge in [-0.05, 0) is 47.0 Å². The van der Waals surface area contributed by atoms with Gasteiger partial charge in [0.05, 0.1) is 33.2 Å². The first-order valence-electron chi connectivity index (χ1n) is 12.8. The van der Waals surface area contributed by atoms with Gasteiger partial charge in [0.1, 0.15) is 35.5 Å². The monoisotopic (exact) mass is 535 g/mol. The summed E-state index contributed by atoms with van der Waals surface area (Å²) in [5.41, 5.74) is 10.7. The van der Waals surface area contributed by atoms with Crippen LogP contribution in [0.3, 0.4) is 0 Å². The van der Waals surface area contributed by atoms with Crippen LogP contribution in [0.1, 0.15) is 22.6 Å². The Bertz CT molecular complexity index is 1520. The average Bonchev–Trinajstić information content (AvgIpc) is 3.00. The molecule has 1 amide bonds. The van der Waals surface area contributed by atoms with Gasteiger partial charge in [-0.15, -0.1) is 0 Å². The topological polar surface area (TPSA) is 107 Å². The van der Waals surface area contributed by atoms with E-state index in [1.165, 1.54) is 0 Å². The number of amides is 1. The fourth-order valence-electron chi connectivity index (χ4n) is 4.89. The van der Waals surface area contributed by atoms with Crippen molar-refractivity contribution < 1.29 is 23.7 Å². The van der Waals surface area contributed by atoms with E-state index in [0.717, 1.165) is 33.6 Å². The molecule has 0 spiro atoms. The van der Waals surface area contributed by atoms with E-state index in [1.807, 2.05) is 84.9 Å². The third-order valence-corrected chi connectivity index (χ3v) is 6.91. The molecule has 0 bridgehead atoms. The first-order valence-corrected chi connectivity index (χ1v) is 12.8. The van der Waals surface area contributed by atoms with Crippen molar-refractivity contribution in [2.75, 3.05) is 27.3 Å². The molecule has 0 fully saturated rings. The lowest BCUT2D eigenvalue weighted by Gasteiger charge is -2.37. The highest BCUT2D eigenvalue weighted by Crippen LogP contribution is 2.44. The van der Waals surface area contributed by atoms with E-state index < -0.39 is 12.0 Å². The Balaban J connectivity index is 1.55. The van der Waals surface area contributed by atoms with Crippen LogP contribution in [0.15, 0.2) is 107 Å². The molecule has 8 heteroatoms. The van der Waals surface area contributed by atoms with E-state index in [1.54, 1.807) is 19.1 Å². The Hall–Kier alpha value is -5.16. The minimum atomic E-state index is -0.511. The quantitative estimate of drug-likeness (QED) is 0.444. The molecule has 0 aromatic heterocycles. The van der Waals surface area contributed by atoms with Crippen LogP contribution in [0.5, 0.6) is 11.5 Å². The summed E-state index contributed by atoms with van der Waals surface area (Å²) in [7, 11) is 3.21. The first kappa shape index (κ1) is 26.4. The van der Waals surface area contributed by atoms with E-state index in [2.05, 4.69) is 6.07 Å². The molecule has 0 saturated heterocycles. The molecule has 3 aromatic carbocycles. The van der Waals surface area contributed by atoms with Crippen molar-refractivity contribution in [3.8, 4) is 17.6 Å². The number of allylic oxidation sites excluding steroid dienone is 1. The van der Waals surface area contributed by atoms with Gasteiger partial charge in [-0.25, -0.2) is 4.79 Å². The van der Waals surface area contributed by atoms with Crippen molar-refractivity contribution in [3.05, 3.63) is 124 Å². The Morgan fingerprint density at radius 2 is 1.65 bits per heavy atom. The van der Waals surface area contributed by atoms with E-state index in [9.17, 15) is 10.1 Å². The van der Waals surface area contributed by atoms with Crippen LogP contribution < -0.4 is 15.2 Å². The Morgan fingerprint density at radius 1 is 1.00 bits per heavy atom. The standard InChI is InChI=1S/C32H29N3O5/c1-37-25-12-8-21(9-13-25)16-24-18-35(32(36)39-20-22-6-4-3-5-7-22)19-28-29(23-10-14-26(38-2)15-11-23)27(17-33)31(34)40-30(24)28/h3-16,29H,18-20,34H2,1-2H3. The summed E-state index contributed by atoms with van der Waals surface area (Å²) in [6.07, 6.45) is 1.48. The third kappa shape index (κ3) is 5.49. The zero-order chi connectivity index (χ0) is 28.1. The molecule has 202 valence electrons. The van der Waals surface area contributed by atoms with Crippen molar-refractivity contribution in [2.45, 2.75) is 12.5 Å². The number of nitrogens with two attached hydrogens (primary N) is 1. The normalized spacial score (nSPS) is 17.6. The molecule has 2 heterocycles. The number of benzene rings is 3. The zero-order valence-electron chi connectivity index (χ0n) is 22.3. The molecule has 2 aliphatic rings. The van der Waals surface area contributed by atoms with Crippen LogP contribution in [0.25, 0.3) is 6.08 Å². The third-order valence-electron chi connectivity index (χ3n) is 6.91. The van der Waals surface area contributed by atoms with Gasteiger partial charge < -0.3 is 24.7 Å². The highest BCUT2D eigenvalue weighted by atomic mass is 16.6. The lowest BCUT2D eigenvalue weighted by atomic mass is 9.80. The van der Waals surface area contributed by atoms with Gasteiger partial charge in [0.2, 0.25) is 5.88 Å². The second-order valence-electron chi connectivity index (χ2n) is 9.39. The van der Waals surface area contributed by atoms with Crippen LogP contribution in [0.4, 0.5) is 4.79 Å². The smallest absolute Gasteiger partial charge is 0.410 e. The number of hydrogen-bond acceptors (Lipinski definition) is 7. The summed E-state index contributed by atoms with van der Waals surface area (Å²) in [6.45, 7) is 0.593. The minimum Gasteiger partial charge on any atom is -0.497 e. The molecule has 5 rings (SSSR count). The van der Waals surface area contributed by atoms with Crippen molar-refractivity contribution >= 4 is 12.2 Å². The predicted octanol–water partition coefficient (Wildman–Crippen LogP) is 5.50. The number of nitrogens with zero attached hydrogens (tertiary/aromatic N) is 2. The number of carbonyl (C=O) groups excluding carboxylic acids is 1. The van der Waals surface area contributed by atoms with Gasteiger partial charge in [0.15, 0.2) is 0 Å². The maximum Gasteiger partial charge on any atom is 0.410 e. The Kier molecular flexibility index (Phi) is 7.74. The second-order valence-corrected chi connectivity index (χ2v) is 9.39. The maximum atomic E-state index is 13.3. The van der Waals surface area contributed by atoms with Gasteiger partial charge in [0.25, 0.3) is 0 Å². The van der Waals surface area contributed by atoms with Gasteiger partial charge in [-0.2, -0.15) is 5.26 Å². The van der Waals surface area contributed by atoms with Crippen molar-refractivity contribution in [2.24, 2.45) is 5.73 Å². The minimum absolute atomic E-state index is 0.0443. The average molecular weight is 536 g/mol. The molecule has 3 aromatic rings. The van der Waals surface area contributed by atoms with Crippen molar-refractivity contribution in [3.63, 3.8) is 0 Å². The van der Waals surface area contributed by atoms with Gasteiger partial charge in [0, 0.05) is 11.1 Å². The summed E-state index contributed by atoms with van der Waals surface area (Å²) in [5, 5.41) is 10.1. The predicted molar refractivity (Wildman–Crippen MR) is 150 cm³/mol. The maximum absolute atomic E-state index is 13.3. The molecule has 0 radical (unpaired) electrons. The van der Waals surface area contributed by atoms with E-state index in [0.29, 0.717) is 11.5 Å². The van der Waals surface area contributed by atoms with E-state index in [-0.39, 0.29) is 31.2 Å². The van der Waals surface area contributed by atoms with Gasteiger partial charge in [-0.3, -0.25) is 4.90 Å². The molecule has 1 unspecified atom stereocenters. The van der Waals surface area contributed by atoms with Crippen LogP contribution >= 0.6 is 0 Å². The second kappa shape index (κ2) is 11.7. The number of hydrogen-bond donors (Lipinski definition) is 1. The SMILES string of the molecule is COc1ccc(C=C2CN(C(=O)OCc3ccccc3)CC3=C2OC(N)=C(C#N)C3c2ccc(OC)cc2)cc1. The fraction of sp³-hybridized carbons (Fsp3) is 0.188. The molecule has 2 N–H and O–H groups in total. The Morgan fingerprint density at radius 3 is 2.27 bits per heavy atom. The molecule has 2 aliphatic heterocycles. The largest absolute Gasteiger partial charge is 0.497 e. The highest BCUT2D eigenvalue weighted by molar-refractivity contribution is 5.72. The summed E-state index contributed by atoms with van der Waals surface area (Å²) in [4.78, 5) is 15.0. The zero-order valence-corrected chi connectivity index (χ0v) is 22.3. The molecule has 40 heavy (non-hydrogen) atoms. The molecule has 0 saturated carbocycles. The van der Waals surface area contributed by atoms with Gasteiger partial charge >= 0.3 is 6.09 Å². The number of rotatable bonds is 6. The van der Waals surface area contributed by atoms with Crippen molar-refractivity contribution in [1.29, 1.82) is 5.26 Å². The summed E-state index contributed by atoms with van der Waals surface area (Å²) in [6, 6.07) is 26.8. The number of carbonyl (C=O) groups is 1. The molecule has 8 nitrogen and oxygen atoms in total. The lowest BCUT2D eigenvalue weighted by molar-refractivity contribution is 0.0983. The van der Waals surface area contributed by atoms with Crippen LogP contribution in [-0.2, 0) is 16.1 Å². The first-order chi connectivity index (χ1) is 19.5. The van der Waals surface area contributed by atoms with Gasteiger partial charge in [-0.1, -0.05) is 54.6 Å². The van der Waals surface area contributed by atoms with Crippen LogP contribution in [0.2, 0.25) is 0 Å². The number of methoxy groups -OCH3 is 2. The summed E-state index contributed by atoms with van der Waals surface area (Å²) in [5.74, 6) is 1.51. The molecular weight excluding hydrogens is 506 g/mol. The molecule has 1 atom stereocenters. The Labute approximate surface area is 233 Å². The van der Waals surface area contributed by atoms with E-state index >= 15 is 0 Å². The number of ether oxygens (including phenoxy) is 4. The summed E-state index contributed by atoms with van der Waals surface area (Å²) < 4.78 is 22.4.